The lowest BCUT2D eigenvalue weighted by Crippen LogP contribution is -1.70. The lowest BCUT2D eigenvalue weighted by atomic mass is 10.2. The minimum Gasteiger partial charge on any atom is -0.493 e. The standard InChI is InChI=1S/C9H8O/c1-10-8-7-9-5-3-2-4-6-9/h2-5,7H,1H3. The first kappa shape index (κ1) is 6.87. The highest BCUT2D eigenvalue weighted by atomic mass is 16.5. The average molecular weight is 132 g/mol. The molecule has 0 saturated carbocycles. The van der Waals surface area contributed by atoms with Crippen LogP contribution in [0.15, 0.2) is 24.3 Å². The molecule has 0 atom stereocenters. The van der Waals surface area contributed by atoms with E-state index in [1.807, 2.05) is 24.3 Å². The number of hydrogen-bond donors (Lipinski definition) is 0. The van der Waals surface area contributed by atoms with Crippen molar-refractivity contribution >= 4 is 6.08 Å². The molecular formula is C9H8O. The van der Waals surface area contributed by atoms with E-state index >= 15 is 0 Å². The van der Waals surface area contributed by atoms with E-state index in [1.165, 1.54) is 0 Å². The summed E-state index contributed by atoms with van der Waals surface area (Å²) in [6, 6.07) is 10.7. The smallest absolute Gasteiger partial charge is 0.161 e. The van der Waals surface area contributed by atoms with E-state index in [-0.39, 0.29) is 0 Å². The van der Waals surface area contributed by atoms with Crippen molar-refractivity contribution < 1.29 is 4.74 Å². The molecule has 0 aliphatic rings. The van der Waals surface area contributed by atoms with Gasteiger partial charge >= 0.3 is 0 Å². The van der Waals surface area contributed by atoms with E-state index in [0.717, 1.165) is 5.56 Å². The van der Waals surface area contributed by atoms with Crippen LogP contribution in [0.1, 0.15) is 5.56 Å². The predicted molar refractivity (Wildman–Crippen MR) is 40.0 cm³/mol. The van der Waals surface area contributed by atoms with E-state index in [2.05, 4.69) is 17.1 Å². The summed E-state index contributed by atoms with van der Waals surface area (Å²) in [5, 5.41) is 0. The molecule has 0 aliphatic heterocycles. The molecule has 0 heterocycles. The predicted octanol–water partition coefficient (Wildman–Crippen LogP) is 1.91. The first-order valence-corrected chi connectivity index (χ1v) is 3.02. The molecule has 1 nitrogen and oxygen atoms in total. The van der Waals surface area contributed by atoms with Gasteiger partial charge in [0.05, 0.1) is 7.11 Å². The molecular weight excluding hydrogens is 124 g/mol. The summed E-state index contributed by atoms with van der Waals surface area (Å²) in [4.78, 5) is 0. The molecule has 1 heteroatoms. The van der Waals surface area contributed by atoms with Crippen LogP contribution >= 0.6 is 0 Å². The van der Waals surface area contributed by atoms with Crippen LogP contribution in [0.25, 0.3) is 6.08 Å². The fourth-order valence-corrected chi connectivity index (χ4v) is 0.619. The van der Waals surface area contributed by atoms with Gasteiger partial charge in [-0.3, -0.25) is 0 Å². The third-order valence-electron chi connectivity index (χ3n) is 1.07. The first-order valence-electron chi connectivity index (χ1n) is 3.02. The third kappa shape index (κ3) is 1.94. The van der Waals surface area contributed by atoms with Crippen molar-refractivity contribution in [3.8, 4) is 0 Å². The molecule has 1 aromatic rings. The van der Waals surface area contributed by atoms with Crippen molar-refractivity contribution in [3.05, 3.63) is 42.2 Å². The van der Waals surface area contributed by atoms with Crippen LogP contribution < -0.4 is 0 Å². The molecule has 0 amide bonds. The molecule has 10 heavy (non-hydrogen) atoms. The van der Waals surface area contributed by atoms with Crippen molar-refractivity contribution in [1.82, 2.24) is 0 Å². The lowest BCUT2D eigenvalue weighted by molar-refractivity contribution is 0.316. The summed E-state index contributed by atoms with van der Waals surface area (Å²) in [6.45, 7) is 0. The monoisotopic (exact) mass is 132 g/mol. The molecule has 1 rings (SSSR count). The van der Waals surface area contributed by atoms with E-state index in [1.54, 1.807) is 13.2 Å². The number of methoxy groups -OCH3 is 1. The molecule has 2 radical (unpaired) electrons. The second kappa shape index (κ2) is 3.72. The zero-order chi connectivity index (χ0) is 7.23. The minimum atomic E-state index is 0.976. The molecule has 50 valence electrons. The van der Waals surface area contributed by atoms with Gasteiger partial charge < -0.3 is 4.74 Å². The Kier molecular flexibility index (Phi) is 2.56. The van der Waals surface area contributed by atoms with Gasteiger partial charge in [0.25, 0.3) is 0 Å². The SMILES string of the molecule is CO[C]=Cc1[c]cccc1. The fraction of sp³-hybridized carbons (Fsp3) is 0.111. The lowest BCUT2D eigenvalue weighted by Gasteiger charge is -1.87. The Morgan fingerprint density at radius 1 is 1.60 bits per heavy atom. The Balaban J connectivity index is 2.67. The summed E-state index contributed by atoms with van der Waals surface area (Å²) in [5.41, 5.74) is 0.976. The van der Waals surface area contributed by atoms with Crippen LogP contribution in [0.4, 0.5) is 0 Å². The molecule has 0 fully saturated rings. The van der Waals surface area contributed by atoms with E-state index in [4.69, 9.17) is 0 Å². The van der Waals surface area contributed by atoms with Gasteiger partial charge in [0.1, 0.15) is 0 Å². The molecule has 0 aromatic heterocycles. The summed E-state index contributed by atoms with van der Waals surface area (Å²) in [5.74, 6) is 0. The maximum absolute atomic E-state index is 4.62. The highest BCUT2D eigenvalue weighted by Gasteiger charge is 1.81. The zero-order valence-electron chi connectivity index (χ0n) is 5.79. The van der Waals surface area contributed by atoms with E-state index in [9.17, 15) is 0 Å². The molecule has 0 bridgehead atoms. The van der Waals surface area contributed by atoms with Gasteiger partial charge in [0, 0.05) is 0 Å². The summed E-state index contributed by atoms with van der Waals surface area (Å²) in [6.07, 6.45) is 4.34. The number of benzene rings is 1. The summed E-state index contributed by atoms with van der Waals surface area (Å²) < 4.78 is 4.62. The van der Waals surface area contributed by atoms with Gasteiger partial charge in [-0.15, -0.1) is 0 Å². The van der Waals surface area contributed by atoms with Crippen LogP contribution in [-0.2, 0) is 4.74 Å². The highest BCUT2D eigenvalue weighted by Crippen LogP contribution is 1.98. The molecule has 1 aromatic carbocycles. The Hall–Kier alpha value is -1.24. The van der Waals surface area contributed by atoms with Crippen molar-refractivity contribution in [3.63, 3.8) is 0 Å². The normalized spacial score (nSPS) is 10.1. The average Bonchev–Trinajstić information content (AvgIpc) is 2.03. The molecule has 0 N–H and O–H groups in total. The third-order valence-corrected chi connectivity index (χ3v) is 1.07. The van der Waals surface area contributed by atoms with Gasteiger partial charge in [-0.2, -0.15) is 0 Å². The quantitative estimate of drug-likeness (QED) is 0.558. The number of hydrogen-bond acceptors (Lipinski definition) is 1. The second-order valence-corrected chi connectivity index (χ2v) is 1.78. The van der Waals surface area contributed by atoms with Crippen molar-refractivity contribution in [1.29, 1.82) is 0 Å². The van der Waals surface area contributed by atoms with Crippen LogP contribution in [0, 0.1) is 12.3 Å². The fourth-order valence-electron chi connectivity index (χ4n) is 0.619. The van der Waals surface area contributed by atoms with Gasteiger partial charge in [-0.25, -0.2) is 0 Å². The van der Waals surface area contributed by atoms with Crippen LogP contribution in [0.3, 0.4) is 0 Å². The van der Waals surface area contributed by atoms with E-state index in [0.29, 0.717) is 0 Å². The Bertz CT molecular complexity index is 201. The highest BCUT2D eigenvalue weighted by molar-refractivity contribution is 5.44. The first-order chi connectivity index (χ1) is 4.93. The van der Waals surface area contributed by atoms with Crippen LogP contribution in [0.5, 0.6) is 0 Å². The van der Waals surface area contributed by atoms with E-state index < -0.39 is 0 Å². The Morgan fingerprint density at radius 3 is 3.10 bits per heavy atom. The van der Waals surface area contributed by atoms with Crippen molar-refractivity contribution in [2.45, 2.75) is 0 Å². The van der Waals surface area contributed by atoms with Crippen molar-refractivity contribution in [2.75, 3.05) is 7.11 Å². The number of ether oxygens (including phenoxy) is 1. The van der Waals surface area contributed by atoms with Gasteiger partial charge in [-0.05, 0) is 17.7 Å². The zero-order valence-corrected chi connectivity index (χ0v) is 5.79. The maximum Gasteiger partial charge on any atom is 0.161 e. The molecule has 0 aliphatic carbocycles. The van der Waals surface area contributed by atoms with Gasteiger partial charge in [0.15, 0.2) is 6.26 Å². The molecule has 0 spiro atoms. The topological polar surface area (TPSA) is 9.23 Å². The van der Waals surface area contributed by atoms with Gasteiger partial charge in [-0.1, -0.05) is 24.3 Å². The molecule has 0 saturated heterocycles. The Morgan fingerprint density at radius 2 is 2.50 bits per heavy atom. The largest absolute Gasteiger partial charge is 0.493 e. The van der Waals surface area contributed by atoms with Gasteiger partial charge in [0.2, 0.25) is 0 Å². The second-order valence-electron chi connectivity index (χ2n) is 1.78. The van der Waals surface area contributed by atoms with Crippen LogP contribution in [-0.4, -0.2) is 7.11 Å². The molecule has 0 unspecified atom stereocenters. The minimum absolute atomic E-state index is 0.976. The number of rotatable bonds is 2. The maximum atomic E-state index is 4.62. The van der Waals surface area contributed by atoms with Crippen molar-refractivity contribution in [2.24, 2.45) is 0 Å². The Labute approximate surface area is 61.0 Å². The van der Waals surface area contributed by atoms with Crippen LogP contribution in [0.2, 0.25) is 0 Å². The summed E-state index contributed by atoms with van der Waals surface area (Å²) in [7, 11) is 1.57. The summed E-state index contributed by atoms with van der Waals surface area (Å²) >= 11 is 0.